The summed E-state index contributed by atoms with van der Waals surface area (Å²) in [5.74, 6) is 0.985. The summed E-state index contributed by atoms with van der Waals surface area (Å²) in [6, 6.07) is 0.821. The Bertz CT molecular complexity index is 277. The predicted molar refractivity (Wildman–Crippen MR) is 81.4 cm³/mol. The SMILES string of the molecule is CC(C1CCCC1)N1CCCNC2(CCCCC2)C1. The van der Waals surface area contributed by atoms with Crippen molar-refractivity contribution >= 4 is 0 Å². The quantitative estimate of drug-likeness (QED) is 0.820. The second-order valence-electron chi connectivity index (χ2n) is 7.38. The van der Waals surface area contributed by atoms with Gasteiger partial charge in [-0.15, -0.1) is 0 Å². The molecular formula is C17H32N2. The predicted octanol–water partition coefficient (Wildman–Crippen LogP) is 3.56. The van der Waals surface area contributed by atoms with Crippen molar-refractivity contribution in [2.24, 2.45) is 5.92 Å². The van der Waals surface area contributed by atoms with Gasteiger partial charge >= 0.3 is 0 Å². The highest BCUT2D eigenvalue weighted by molar-refractivity contribution is 4.97. The first-order valence-electron chi connectivity index (χ1n) is 8.78. The molecule has 1 saturated heterocycles. The van der Waals surface area contributed by atoms with Crippen molar-refractivity contribution in [3.63, 3.8) is 0 Å². The fraction of sp³-hybridized carbons (Fsp3) is 1.00. The van der Waals surface area contributed by atoms with E-state index in [4.69, 9.17) is 0 Å². The topological polar surface area (TPSA) is 15.3 Å². The molecule has 1 aliphatic heterocycles. The molecule has 0 aromatic rings. The minimum absolute atomic E-state index is 0.474. The minimum atomic E-state index is 0.474. The maximum Gasteiger partial charge on any atom is 0.0308 e. The molecule has 1 unspecified atom stereocenters. The highest BCUT2D eigenvalue weighted by Gasteiger charge is 2.37. The van der Waals surface area contributed by atoms with Crippen LogP contribution in [0.3, 0.4) is 0 Å². The molecule has 0 aromatic carbocycles. The zero-order valence-corrected chi connectivity index (χ0v) is 12.8. The van der Waals surface area contributed by atoms with Gasteiger partial charge in [-0.1, -0.05) is 32.1 Å². The van der Waals surface area contributed by atoms with Crippen LogP contribution in [0.5, 0.6) is 0 Å². The molecule has 1 spiro atoms. The van der Waals surface area contributed by atoms with Crippen molar-refractivity contribution in [2.45, 2.75) is 82.7 Å². The second kappa shape index (κ2) is 6.13. The molecule has 0 bridgehead atoms. The Hall–Kier alpha value is -0.0800. The lowest BCUT2D eigenvalue weighted by molar-refractivity contribution is 0.106. The van der Waals surface area contributed by atoms with Gasteiger partial charge in [-0.2, -0.15) is 0 Å². The Morgan fingerprint density at radius 1 is 1.00 bits per heavy atom. The first-order chi connectivity index (χ1) is 9.29. The molecule has 3 aliphatic rings. The number of rotatable bonds is 2. The highest BCUT2D eigenvalue weighted by Crippen LogP contribution is 2.34. The van der Waals surface area contributed by atoms with E-state index in [9.17, 15) is 0 Å². The van der Waals surface area contributed by atoms with Crippen LogP contribution < -0.4 is 5.32 Å². The first-order valence-corrected chi connectivity index (χ1v) is 8.78. The number of hydrogen-bond donors (Lipinski definition) is 1. The summed E-state index contributed by atoms with van der Waals surface area (Å²) in [7, 11) is 0. The molecule has 1 N–H and O–H groups in total. The van der Waals surface area contributed by atoms with Crippen molar-refractivity contribution in [1.29, 1.82) is 0 Å². The normalized spacial score (nSPS) is 31.4. The zero-order valence-electron chi connectivity index (χ0n) is 12.8. The van der Waals surface area contributed by atoms with Crippen molar-refractivity contribution < 1.29 is 0 Å². The van der Waals surface area contributed by atoms with Gasteiger partial charge in [-0.05, 0) is 58.0 Å². The van der Waals surface area contributed by atoms with Gasteiger partial charge < -0.3 is 5.32 Å². The molecule has 1 atom stereocenters. The molecule has 110 valence electrons. The lowest BCUT2D eigenvalue weighted by atomic mass is 9.81. The Labute approximate surface area is 119 Å². The van der Waals surface area contributed by atoms with Gasteiger partial charge in [0.25, 0.3) is 0 Å². The largest absolute Gasteiger partial charge is 0.310 e. The molecule has 3 rings (SSSR count). The minimum Gasteiger partial charge on any atom is -0.310 e. The van der Waals surface area contributed by atoms with Gasteiger partial charge in [-0.3, -0.25) is 4.90 Å². The smallest absolute Gasteiger partial charge is 0.0308 e. The van der Waals surface area contributed by atoms with Crippen LogP contribution in [0, 0.1) is 5.92 Å². The van der Waals surface area contributed by atoms with E-state index in [1.54, 1.807) is 0 Å². The standard InChI is InChI=1S/C17H32N2/c1-15(16-8-3-4-9-16)19-13-7-12-18-17(14-19)10-5-2-6-11-17/h15-16,18H,2-14H2,1H3. The summed E-state index contributed by atoms with van der Waals surface area (Å²) < 4.78 is 0. The van der Waals surface area contributed by atoms with E-state index in [-0.39, 0.29) is 0 Å². The van der Waals surface area contributed by atoms with Gasteiger partial charge in [0.1, 0.15) is 0 Å². The Balaban J connectivity index is 1.66. The van der Waals surface area contributed by atoms with Crippen LogP contribution >= 0.6 is 0 Å². The van der Waals surface area contributed by atoms with Crippen molar-refractivity contribution in [2.75, 3.05) is 19.6 Å². The average Bonchev–Trinajstić information content (AvgIpc) is 2.90. The molecule has 2 aliphatic carbocycles. The van der Waals surface area contributed by atoms with Gasteiger partial charge in [0.05, 0.1) is 0 Å². The lowest BCUT2D eigenvalue weighted by Crippen LogP contribution is -2.54. The summed E-state index contributed by atoms with van der Waals surface area (Å²) in [5, 5.41) is 3.93. The summed E-state index contributed by atoms with van der Waals surface area (Å²) in [5.41, 5.74) is 0.474. The molecular weight excluding hydrogens is 232 g/mol. The van der Waals surface area contributed by atoms with E-state index in [0.29, 0.717) is 5.54 Å². The van der Waals surface area contributed by atoms with Gasteiger partial charge in [-0.25, -0.2) is 0 Å². The lowest BCUT2D eigenvalue weighted by Gasteiger charge is -2.42. The van der Waals surface area contributed by atoms with Crippen LogP contribution in [0.1, 0.15) is 71.1 Å². The van der Waals surface area contributed by atoms with E-state index < -0.39 is 0 Å². The molecule has 1 heterocycles. The third-order valence-electron chi connectivity index (χ3n) is 6.10. The average molecular weight is 264 g/mol. The summed E-state index contributed by atoms with van der Waals surface area (Å²) >= 11 is 0. The molecule has 19 heavy (non-hydrogen) atoms. The Kier molecular flexibility index (Phi) is 4.48. The van der Waals surface area contributed by atoms with Crippen molar-refractivity contribution in [3.8, 4) is 0 Å². The molecule has 2 heteroatoms. The monoisotopic (exact) mass is 264 g/mol. The third kappa shape index (κ3) is 3.16. The third-order valence-corrected chi connectivity index (χ3v) is 6.10. The summed E-state index contributed by atoms with van der Waals surface area (Å²) in [6.07, 6.45) is 14.5. The highest BCUT2D eigenvalue weighted by atomic mass is 15.2. The molecule has 0 aromatic heterocycles. The van der Waals surface area contributed by atoms with E-state index in [0.717, 1.165) is 12.0 Å². The van der Waals surface area contributed by atoms with Gasteiger partial charge in [0.2, 0.25) is 0 Å². The van der Waals surface area contributed by atoms with E-state index >= 15 is 0 Å². The fourth-order valence-corrected chi connectivity index (χ4v) is 4.81. The van der Waals surface area contributed by atoms with E-state index in [1.165, 1.54) is 83.8 Å². The van der Waals surface area contributed by atoms with E-state index in [2.05, 4.69) is 17.1 Å². The van der Waals surface area contributed by atoms with Crippen LogP contribution in [0.2, 0.25) is 0 Å². The second-order valence-corrected chi connectivity index (χ2v) is 7.38. The van der Waals surface area contributed by atoms with Crippen LogP contribution in [-0.4, -0.2) is 36.1 Å². The van der Waals surface area contributed by atoms with Crippen LogP contribution in [0.15, 0.2) is 0 Å². The Morgan fingerprint density at radius 2 is 1.74 bits per heavy atom. The fourth-order valence-electron chi connectivity index (χ4n) is 4.81. The van der Waals surface area contributed by atoms with Crippen LogP contribution in [0.25, 0.3) is 0 Å². The van der Waals surface area contributed by atoms with Crippen LogP contribution in [0.4, 0.5) is 0 Å². The maximum atomic E-state index is 3.93. The summed E-state index contributed by atoms with van der Waals surface area (Å²) in [4.78, 5) is 2.85. The van der Waals surface area contributed by atoms with Crippen molar-refractivity contribution in [1.82, 2.24) is 10.2 Å². The number of nitrogens with zero attached hydrogens (tertiary/aromatic N) is 1. The maximum absolute atomic E-state index is 3.93. The van der Waals surface area contributed by atoms with E-state index in [1.807, 2.05) is 0 Å². The number of nitrogens with one attached hydrogen (secondary N) is 1. The number of hydrogen-bond acceptors (Lipinski definition) is 2. The molecule has 0 radical (unpaired) electrons. The molecule has 0 amide bonds. The van der Waals surface area contributed by atoms with Crippen molar-refractivity contribution in [3.05, 3.63) is 0 Å². The van der Waals surface area contributed by atoms with Gasteiger partial charge in [0.15, 0.2) is 0 Å². The Morgan fingerprint density at radius 3 is 2.47 bits per heavy atom. The first kappa shape index (κ1) is 13.9. The zero-order chi connectivity index (χ0) is 13.1. The van der Waals surface area contributed by atoms with Crippen LogP contribution in [-0.2, 0) is 0 Å². The molecule has 3 fully saturated rings. The summed E-state index contributed by atoms with van der Waals surface area (Å²) in [6.45, 7) is 6.41. The molecule has 2 nitrogen and oxygen atoms in total. The molecule has 2 saturated carbocycles. The van der Waals surface area contributed by atoms with Gasteiger partial charge in [0, 0.05) is 18.1 Å².